The van der Waals surface area contributed by atoms with E-state index in [1.165, 1.54) is 4.57 Å². The number of hydrogen-bond acceptors (Lipinski definition) is 5. The maximum atomic E-state index is 13.0. The van der Waals surface area contributed by atoms with Gasteiger partial charge in [-0.2, -0.15) is 4.68 Å². The van der Waals surface area contributed by atoms with Crippen molar-refractivity contribution >= 4 is 5.91 Å². The lowest BCUT2D eigenvalue weighted by Gasteiger charge is -2.10. The molecule has 0 aliphatic carbocycles. The van der Waals surface area contributed by atoms with E-state index < -0.39 is 0 Å². The van der Waals surface area contributed by atoms with E-state index in [1.54, 1.807) is 21.8 Å². The zero-order chi connectivity index (χ0) is 23.2. The van der Waals surface area contributed by atoms with Gasteiger partial charge in [-0.1, -0.05) is 49.4 Å². The Bertz CT molecular complexity index is 1340. The SMILES string of the molecule is C#CCCc1cn(C(=O)CCC)c(=O)n1Cc1ccc(-c2ccccc2-n2cnnn2)cc1. The number of hydrogen-bond donors (Lipinski definition) is 0. The van der Waals surface area contributed by atoms with Crippen LogP contribution < -0.4 is 5.69 Å². The van der Waals surface area contributed by atoms with E-state index >= 15 is 0 Å². The summed E-state index contributed by atoms with van der Waals surface area (Å²) in [6, 6.07) is 15.8. The summed E-state index contributed by atoms with van der Waals surface area (Å²) < 4.78 is 4.47. The topological polar surface area (TPSA) is 87.6 Å². The molecule has 0 aliphatic heterocycles. The van der Waals surface area contributed by atoms with Gasteiger partial charge in [0.25, 0.3) is 0 Å². The third kappa shape index (κ3) is 4.67. The van der Waals surface area contributed by atoms with Gasteiger partial charge in [0.2, 0.25) is 5.91 Å². The number of imidazole rings is 1. The highest BCUT2D eigenvalue weighted by atomic mass is 16.2. The molecule has 33 heavy (non-hydrogen) atoms. The molecule has 0 bridgehead atoms. The fraction of sp³-hybridized carbons (Fsp3) is 0.240. The van der Waals surface area contributed by atoms with Gasteiger partial charge in [0.05, 0.1) is 12.2 Å². The van der Waals surface area contributed by atoms with E-state index in [4.69, 9.17) is 6.42 Å². The minimum absolute atomic E-state index is 0.197. The van der Waals surface area contributed by atoms with Crippen molar-refractivity contribution in [3.05, 3.63) is 82.8 Å². The number of benzene rings is 2. The van der Waals surface area contributed by atoms with Crippen LogP contribution in [0.4, 0.5) is 0 Å². The van der Waals surface area contributed by atoms with Gasteiger partial charge in [-0.3, -0.25) is 9.36 Å². The second kappa shape index (κ2) is 9.92. The minimum Gasteiger partial charge on any atom is -0.292 e. The number of terminal acetylenes is 1. The van der Waals surface area contributed by atoms with Gasteiger partial charge >= 0.3 is 5.69 Å². The van der Waals surface area contributed by atoms with E-state index in [9.17, 15) is 9.59 Å². The molecule has 0 saturated carbocycles. The summed E-state index contributed by atoms with van der Waals surface area (Å²) in [7, 11) is 0. The van der Waals surface area contributed by atoms with Crippen LogP contribution in [0.5, 0.6) is 0 Å². The Morgan fingerprint density at radius 1 is 1.12 bits per heavy atom. The Labute approximate surface area is 191 Å². The molecule has 4 rings (SSSR count). The number of nitrogens with zero attached hydrogens (tertiary/aromatic N) is 6. The number of carbonyl (C=O) groups is 1. The third-order valence-corrected chi connectivity index (χ3v) is 5.43. The van der Waals surface area contributed by atoms with Crippen LogP contribution in [0.25, 0.3) is 16.8 Å². The highest BCUT2D eigenvalue weighted by molar-refractivity contribution is 5.78. The number of carbonyl (C=O) groups excluding carboxylic acids is 1. The zero-order valence-corrected chi connectivity index (χ0v) is 18.4. The van der Waals surface area contributed by atoms with Crippen LogP contribution in [0.15, 0.2) is 65.8 Å². The van der Waals surface area contributed by atoms with Gasteiger partial charge in [0.1, 0.15) is 6.33 Å². The van der Waals surface area contributed by atoms with Crippen molar-refractivity contribution in [2.45, 2.75) is 39.2 Å². The number of para-hydroxylation sites is 1. The first kappa shape index (κ1) is 22.0. The second-order valence-corrected chi connectivity index (χ2v) is 7.68. The van der Waals surface area contributed by atoms with Crippen molar-refractivity contribution in [2.75, 3.05) is 0 Å². The Hall–Kier alpha value is -4.25. The molecule has 0 spiro atoms. The summed E-state index contributed by atoms with van der Waals surface area (Å²) >= 11 is 0. The predicted molar refractivity (Wildman–Crippen MR) is 125 cm³/mol. The molecule has 0 saturated heterocycles. The first-order valence-electron chi connectivity index (χ1n) is 10.8. The summed E-state index contributed by atoms with van der Waals surface area (Å²) in [6.45, 7) is 2.28. The van der Waals surface area contributed by atoms with Crippen LogP contribution >= 0.6 is 0 Å². The van der Waals surface area contributed by atoms with Crippen molar-refractivity contribution in [3.63, 3.8) is 0 Å². The molecule has 0 unspecified atom stereocenters. The summed E-state index contributed by atoms with van der Waals surface area (Å²) in [5, 5.41) is 11.4. The third-order valence-electron chi connectivity index (χ3n) is 5.43. The van der Waals surface area contributed by atoms with E-state index in [2.05, 4.69) is 21.4 Å². The lowest BCUT2D eigenvalue weighted by Crippen LogP contribution is -2.29. The molecule has 0 amide bonds. The lowest BCUT2D eigenvalue weighted by molar-refractivity contribution is 0.0897. The number of tetrazole rings is 1. The van der Waals surface area contributed by atoms with Gasteiger partial charge in [-0.15, -0.1) is 17.4 Å². The van der Waals surface area contributed by atoms with Crippen molar-refractivity contribution in [3.8, 4) is 29.2 Å². The Balaban J connectivity index is 1.64. The minimum atomic E-state index is -0.325. The molecule has 2 aromatic carbocycles. The van der Waals surface area contributed by atoms with Crippen LogP contribution in [0, 0.1) is 12.3 Å². The largest absolute Gasteiger partial charge is 0.335 e. The monoisotopic (exact) mass is 440 g/mol. The fourth-order valence-electron chi connectivity index (χ4n) is 3.77. The molecule has 2 aromatic heterocycles. The van der Waals surface area contributed by atoms with Crippen molar-refractivity contribution in [2.24, 2.45) is 0 Å². The fourth-order valence-corrected chi connectivity index (χ4v) is 3.77. The average molecular weight is 441 g/mol. The molecule has 0 radical (unpaired) electrons. The standard InChI is InChI=1S/C25H24N6O2/c1-3-5-9-21-17-30(24(32)8-4-2)25(33)29(21)16-19-12-14-20(15-13-19)22-10-6-7-11-23(22)31-18-26-27-28-31/h1,6-7,10-15,17-18H,4-5,8-9,16H2,2H3. The summed E-state index contributed by atoms with van der Waals surface area (Å²) in [6.07, 6.45) is 10.7. The average Bonchev–Trinajstić information content (AvgIpc) is 3.48. The van der Waals surface area contributed by atoms with Crippen LogP contribution in [0.3, 0.4) is 0 Å². The van der Waals surface area contributed by atoms with Gasteiger partial charge in [0, 0.05) is 36.7 Å². The predicted octanol–water partition coefficient (Wildman–Crippen LogP) is 3.35. The Kier molecular flexibility index (Phi) is 6.60. The van der Waals surface area contributed by atoms with Crippen LogP contribution in [-0.4, -0.2) is 35.2 Å². The van der Waals surface area contributed by atoms with E-state index in [-0.39, 0.29) is 11.6 Å². The molecular weight excluding hydrogens is 416 g/mol. The zero-order valence-electron chi connectivity index (χ0n) is 18.4. The maximum Gasteiger partial charge on any atom is 0.335 e. The van der Waals surface area contributed by atoms with Crippen molar-refractivity contribution in [1.29, 1.82) is 0 Å². The second-order valence-electron chi connectivity index (χ2n) is 7.68. The highest BCUT2D eigenvalue weighted by Crippen LogP contribution is 2.26. The molecule has 8 heteroatoms. The van der Waals surface area contributed by atoms with Gasteiger partial charge in [-0.25, -0.2) is 9.36 Å². The number of aryl methyl sites for hydroxylation is 1. The molecule has 2 heterocycles. The molecule has 8 nitrogen and oxygen atoms in total. The van der Waals surface area contributed by atoms with Crippen molar-refractivity contribution in [1.82, 2.24) is 29.3 Å². The molecular formula is C25H24N6O2. The first-order chi connectivity index (χ1) is 16.1. The molecule has 166 valence electrons. The molecule has 0 fully saturated rings. The van der Waals surface area contributed by atoms with E-state index in [0.717, 1.165) is 28.1 Å². The number of rotatable bonds is 8. The summed E-state index contributed by atoms with van der Waals surface area (Å²) in [5.74, 6) is 2.41. The van der Waals surface area contributed by atoms with Crippen LogP contribution in [0.2, 0.25) is 0 Å². The van der Waals surface area contributed by atoms with Crippen LogP contribution in [0.1, 0.15) is 42.2 Å². The van der Waals surface area contributed by atoms with Gasteiger partial charge < -0.3 is 0 Å². The molecule has 0 atom stereocenters. The van der Waals surface area contributed by atoms with Crippen molar-refractivity contribution < 1.29 is 4.79 Å². The van der Waals surface area contributed by atoms with Gasteiger partial charge in [0.15, 0.2) is 0 Å². The highest BCUT2D eigenvalue weighted by Gasteiger charge is 2.16. The summed E-state index contributed by atoms with van der Waals surface area (Å²) in [4.78, 5) is 25.4. The molecule has 0 aliphatic rings. The smallest absolute Gasteiger partial charge is 0.292 e. The lowest BCUT2D eigenvalue weighted by atomic mass is 10.0. The normalized spacial score (nSPS) is 10.8. The van der Waals surface area contributed by atoms with Crippen LogP contribution in [-0.2, 0) is 13.0 Å². The van der Waals surface area contributed by atoms with E-state index in [0.29, 0.717) is 32.2 Å². The summed E-state index contributed by atoms with van der Waals surface area (Å²) in [5.41, 5.74) is 4.24. The first-order valence-corrected chi connectivity index (χ1v) is 10.8. The number of aromatic nitrogens is 6. The maximum absolute atomic E-state index is 13.0. The molecule has 4 aromatic rings. The Morgan fingerprint density at radius 2 is 1.91 bits per heavy atom. The molecule has 0 N–H and O–H groups in total. The van der Waals surface area contributed by atoms with Gasteiger partial charge in [-0.05, 0) is 34.0 Å². The Morgan fingerprint density at radius 3 is 2.61 bits per heavy atom. The quantitative estimate of drug-likeness (QED) is 0.392. The van der Waals surface area contributed by atoms with E-state index in [1.807, 2.05) is 55.5 Å².